The smallest absolute Gasteiger partial charge is 0.0481 e. The maximum atomic E-state index is 5.69. The van der Waals surface area contributed by atoms with Crippen LogP contribution in [0.4, 0.5) is 0 Å². The number of hydrogen-bond donors (Lipinski definition) is 2. The van der Waals surface area contributed by atoms with Crippen molar-refractivity contribution >= 4 is 0 Å². The monoisotopic (exact) mass is 242 g/mol. The lowest BCUT2D eigenvalue weighted by Crippen LogP contribution is -2.44. The van der Waals surface area contributed by atoms with E-state index in [9.17, 15) is 0 Å². The highest BCUT2D eigenvalue weighted by Crippen LogP contribution is 2.35. The second-order valence-electron chi connectivity index (χ2n) is 5.70. The van der Waals surface area contributed by atoms with Gasteiger partial charge in [0.25, 0.3) is 0 Å². The molecule has 1 saturated carbocycles. The van der Waals surface area contributed by atoms with Crippen LogP contribution in [0.15, 0.2) is 0 Å². The summed E-state index contributed by atoms with van der Waals surface area (Å²) in [5.41, 5.74) is 3.00. The predicted molar refractivity (Wildman–Crippen MR) is 72.5 cm³/mol. The lowest BCUT2D eigenvalue weighted by Gasteiger charge is -2.36. The molecule has 0 saturated heterocycles. The average Bonchev–Trinajstić information content (AvgIpc) is 2.33. The highest BCUT2D eigenvalue weighted by Gasteiger charge is 2.29. The van der Waals surface area contributed by atoms with Crippen LogP contribution in [0.3, 0.4) is 0 Å². The third kappa shape index (κ3) is 4.94. The molecule has 0 amide bonds. The minimum absolute atomic E-state index is 0.432. The number of rotatable bonds is 7. The van der Waals surface area contributed by atoms with Gasteiger partial charge in [0.1, 0.15) is 0 Å². The molecule has 1 aliphatic carbocycles. The summed E-state index contributed by atoms with van der Waals surface area (Å²) in [7, 11) is 0. The Hall–Kier alpha value is -0.120. The summed E-state index contributed by atoms with van der Waals surface area (Å²) in [6.07, 6.45) is 6.11. The van der Waals surface area contributed by atoms with Crippen molar-refractivity contribution in [3.05, 3.63) is 0 Å². The summed E-state index contributed by atoms with van der Waals surface area (Å²) in [5.74, 6) is 8.14. The summed E-state index contributed by atoms with van der Waals surface area (Å²) in [6.45, 7) is 8.59. The molecule has 0 aromatic heterocycles. The first-order valence-corrected chi connectivity index (χ1v) is 7.22. The van der Waals surface area contributed by atoms with E-state index in [-0.39, 0.29) is 0 Å². The summed E-state index contributed by atoms with van der Waals surface area (Å²) >= 11 is 0. The number of nitrogens with one attached hydrogen (secondary N) is 1. The standard InChI is InChI=1S/C14H30N2O/c1-4-8-17-9-7-14(16-15)13-6-5-11(2)12(3)10-13/h11-14,16H,4-10,15H2,1-3H3. The number of hydrazine groups is 1. The molecule has 4 atom stereocenters. The van der Waals surface area contributed by atoms with E-state index in [1.807, 2.05) is 0 Å². The Labute approximate surface area is 106 Å². The third-order valence-electron chi connectivity index (χ3n) is 4.34. The Balaban J connectivity index is 2.29. The molecule has 3 nitrogen and oxygen atoms in total. The third-order valence-corrected chi connectivity index (χ3v) is 4.34. The van der Waals surface area contributed by atoms with E-state index in [1.165, 1.54) is 19.3 Å². The lowest BCUT2D eigenvalue weighted by molar-refractivity contribution is 0.102. The Morgan fingerprint density at radius 1 is 1.24 bits per heavy atom. The summed E-state index contributed by atoms with van der Waals surface area (Å²) in [4.78, 5) is 0. The van der Waals surface area contributed by atoms with Crippen LogP contribution in [0.25, 0.3) is 0 Å². The Morgan fingerprint density at radius 3 is 2.59 bits per heavy atom. The normalized spacial score (nSPS) is 31.4. The molecule has 0 radical (unpaired) electrons. The zero-order valence-corrected chi connectivity index (χ0v) is 11.7. The minimum Gasteiger partial charge on any atom is -0.381 e. The van der Waals surface area contributed by atoms with Gasteiger partial charge in [-0.3, -0.25) is 11.3 Å². The van der Waals surface area contributed by atoms with Gasteiger partial charge in [-0.2, -0.15) is 0 Å². The lowest BCUT2D eigenvalue weighted by atomic mass is 9.73. The zero-order valence-electron chi connectivity index (χ0n) is 11.7. The molecule has 0 bridgehead atoms. The number of hydrogen-bond acceptors (Lipinski definition) is 3. The van der Waals surface area contributed by atoms with Gasteiger partial charge in [-0.1, -0.05) is 27.2 Å². The molecule has 3 heteroatoms. The van der Waals surface area contributed by atoms with Crippen LogP contribution in [-0.4, -0.2) is 19.3 Å². The Kier molecular flexibility index (Phi) is 7.09. The second kappa shape index (κ2) is 8.06. The van der Waals surface area contributed by atoms with Gasteiger partial charge in [0.15, 0.2) is 0 Å². The number of nitrogens with two attached hydrogens (primary N) is 1. The van der Waals surface area contributed by atoms with Crippen molar-refractivity contribution in [1.82, 2.24) is 5.43 Å². The van der Waals surface area contributed by atoms with Crippen molar-refractivity contribution in [3.63, 3.8) is 0 Å². The van der Waals surface area contributed by atoms with Crippen LogP contribution in [-0.2, 0) is 4.74 Å². The van der Waals surface area contributed by atoms with E-state index >= 15 is 0 Å². The molecular formula is C14H30N2O. The van der Waals surface area contributed by atoms with Gasteiger partial charge in [-0.25, -0.2) is 0 Å². The predicted octanol–water partition coefficient (Wildman–Crippen LogP) is 2.71. The molecule has 0 spiro atoms. The first-order chi connectivity index (χ1) is 8.19. The van der Waals surface area contributed by atoms with Gasteiger partial charge in [0.2, 0.25) is 0 Å². The molecule has 3 N–H and O–H groups in total. The fraction of sp³-hybridized carbons (Fsp3) is 1.00. The van der Waals surface area contributed by atoms with Crippen LogP contribution in [0.5, 0.6) is 0 Å². The van der Waals surface area contributed by atoms with Gasteiger partial charge >= 0.3 is 0 Å². The van der Waals surface area contributed by atoms with E-state index < -0.39 is 0 Å². The summed E-state index contributed by atoms with van der Waals surface area (Å²) < 4.78 is 5.56. The first-order valence-electron chi connectivity index (χ1n) is 7.22. The van der Waals surface area contributed by atoms with Crippen LogP contribution < -0.4 is 11.3 Å². The molecule has 0 aliphatic heterocycles. The van der Waals surface area contributed by atoms with Gasteiger partial charge < -0.3 is 4.74 Å². The van der Waals surface area contributed by atoms with E-state index in [2.05, 4.69) is 26.2 Å². The maximum absolute atomic E-state index is 5.69. The van der Waals surface area contributed by atoms with E-state index in [1.54, 1.807) is 0 Å². The maximum Gasteiger partial charge on any atom is 0.0481 e. The van der Waals surface area contributed by atoms with Crippen molar-refractivity contribution in [2.75, 3.05) is 13.2 Å². The molecule has 0 aromatic rings. The molecular weight excluding hydrogens is 212 g/mol. The van der Waals surface area contributed by atoms with Crippen LogP contribution in [0, 0.1) is 17.8 Å². The molecule has 1 aliphatic rings. The van der Waals surface area contributed by atoms with Crippen molar-refractivity contribution < 1.29 is 4.74 Å². The molecule has 4 unspecified atom stereocenters. The highest BCUT2D eigenvalue weighted by atomic mass is 16.5. The van der Waals surface area contributed by atoms with E-state index in [0.29, 0.717) is 6.04 Å². The topological polar surface area (TPSA) is 47.3 Å². The molecule has 1 fully saturated rings. The average molecular weight is 242 g/mol. The van der Waals surface area contributed by atoms with Gasteiger partial charge in [0, 0.05) is 19.3 Å². The van der Waals surface area contributed by atoms with Crippen LogP contribution in [0.1, 0.15) is 52.9 Å². The quantitative estimate of drug-likeness (QED) is 0.410. The second-order valence-corrected chi connectivity index (χ2v) is 5.70. The molecule has 1 rings (SSSR count). The zero-order chi connectivity index (χ0) is 12.7. The van der Waals surface area contributed by atoms with E-state index in [0.717, 1.165) is 43.8 Å². The van der Waals surface area contributed by atoms with Crippen molar-refractivity contribution in [2.24, 2.45) is 23.6 Å². The summed E-state index contributed by atoms with van der Waals surface area (Å²) in [5, 5.41) is 0. The molecule has 102 valence electrons. The fourth-order valence-corrected chi connectivity index (χ4v) is 2.87. The van der Waals surface area contributed by atoms with E-state index in [4.69, 9.17) is 10.6 Å². The van der Waals surface area contributed by atoms with Crippen molar-refractivity contribution in [1.29, 1.82) is 0 Å². The Bertz CT molecular complexity index is 199. The molecule has 0 heterocycles. The fourth-order valence-electron chi connectivity index (χ4n) is 2.87. The van der Waals surface area contributed by atoms with Crippen LogP contribution in [0.2, 0.25) is 0 Å². The minimum atomic E-state index is 0.432. The van der Waals surface area contributed by atoms with Crippen molar-refractivity contribution in [2.45, 2.75) is 58.9 Å². The van der Waals surface area contributed by atoms with Gasteiger partial charge in [-0.15, -0.1) is 0 Å². The SMILES string of the molecule is CCCOCCC(NN)C1CCC(C)C(C)C1. The van der Waals surface area contributed by atoms with Gasteiger partial charge in [-0.05, 0) is 43.4 Å². The highest BCUT2D eigenvalue weighted by molar-refractivity contribution is 4.82. The first kappa shape index (κ1) is 14.9. The number of ether oxygens (including phenoxy) is 1. The van der Waals surface area contributed by atoms with Crippen LogP contribution >= 0.6 is 0 Å². The molecule has 0 aromatic carbocycles. The van der Waals surface area contributed by atoms with Crippen molar-refractivity contribution in [3.8, 4) is 0 Å². The largest absolute Gasteiger partial charge is 0.381 e. The Morgan fingerprint density at radius 2 is 2.00 bits per heavy atom. The van der Waals surface area contributed by atoms with Gasteiger partial charge in [0.05, 0.1) is 0 Å². The summed E-state index contributed by atoms with van der Waals surface area (Å²) in [6, 6.07) is 0.432. The molecule has 17 heavy (non-hydrogen) atoms.